The first-order valence-corrected chi connectivity index (χ1v) is 11.7. The Balaban J connectivity index is 1.25. The van der Waals surface area contributed by atoms with Crippen molar-refractivity contribution >= 4 is 17.8 Å². The summed E-state index contributed by atoms with van der Waals surface area (Å²) in [7, 11) is 0. The summed E-state index contributed by atoms with van der Waals surface area (Å²) in [5.41, 5.74) is -0.274. The van der Waals surface area contributed by atoms with Gasteiger partial charge in [-0.2, -0.15) is 0 Å². The first-order valence-electron chi connectivity index (χ1n) is 11.7. The summed E-state index contributed by atoms with van der Waals surface area (Å²) in [6, 6.07) is -0.712. The van der Waals surface area contributed by atoms with Crippen molar-refractivity contribution in [3.05, 3.63) is 0 Å². The summed E-state index contributed by atoms with van der Waals surface area (Å²) in [5.74, 6) is 1.44. The SMILES string of the molecule is C[C@H](NC(=O)C12CC3CC(CC(C3)C1)C2)C(=O)OCC(=O)N1CCCCCCC1. The smallest absolute Gasteiger partial charge is 0.328 e. The molecule has 162 valence electrons. The number of likely N-dealkylation sites (tertiary alicyclic amines) is 1. The average molecular weight is 405 g/mol. The van der Waals surface area contributed by atoms with Gasteiger partial charge < -0.3 is 15.0 Å². The van der Waals surface area contributed by atoms with Crippen LogP contribution in [0.3, 0.4) is 0 Å². The van der Waals surface area contributed by atoms with Gasteiger partial charge in [-0.1, -0.05) is 19.3 Å². The molecule has 5 aliphatic rings. The van der Waals surface area contributed by atoms with E-state index in [2.05, 4.69) is 5.32 Å². The van der Waals surface area contributed by atoms with E-state index in [1.54, 1.807) is 6.92 Å². The van der Waals surface area contributed by atoms with Gasteiger partial charge in [-0.05, 0) is 76.0 Å². The van der Waals surface area contributed by atoms with Gasteiger partial charge in [0.25, 0.3) is 5.91 Å². The Hall–Kier alpha value is -1.59. The lowest BCUT2D eigenvalue weighted by molar-refractivity contribution is -0.157. The zero-order chi connectivity index (χ0) is 20.4. The molecule has 1 N–H and O–H groups in total. The molecule has 1 atom stereocenters. The Labute approximate surface area is 174 Å². The molecule has 2 amide bonds. The lowest BCUT2D eigenvalue weighted by Gasteiger charge is -2.55. The first kappa shape index (κ1) is 20.7. The molecule has 0 spiro atoms. The van der Waals surface area contributed by atoms with Crippen molar-refractivity contribution in [2.45, 2.75) is 83.6 Å². The van der Waals surface area contributed by atoms with E-state index >= 15 is 0 Å². The molecular weight excluding hydrogens is 368 g/mol. The van der Waals surface area contributed by atoms with Crippen molar-refractivity contribution in [3.63, 3.8) is 0 Å². The van der Waals surface area contributed by atoms with E-state index in [0.29, 0.717) is 17.8 Å². The second-order valence-corrected chi connectivity index (χ2v) is 10.1. The molecule has 1 saturated heterocycles. The Kier molecular flexibility index (Phi) is 6.16. The second-order valence-electron chi connectivity index (χ2n) is 10.1. The predicted octanol–water partition coefficient (Wildman–Crippen LogP) is 3.04. The highest BCUT2D eigenvalue weighted by Gasteiger charge is 2.54. The van der Waals surface area contributed by atoms with Crippen LogP contribution in [-0.4, -0.2) is 48.4 Å². The number of nitrogens with zero attached hydrogens (tertiary/aromatic N) is 1. The normalized spacial score (nSPS) is 34.8. The largest absolute Gasteiger partial charge is 0.454 e. The van der Waals surface area contributed by atoms with Crippen LogP contribution in [0.25, 0.3) is 0 Å². The number of nitrogens with one attached hydrogen (secondary N) is 1. The van der Waals surface area contributed by atoms with Crippen molar-refractivity contribution in [1.82, 2.24) is 10.2 Å². The predicted molar refractivity (Wildman–Crippen MR) is 109 cm³/mol. The molecule has 6 heteroatoms. The van der Waals surface area contributed by atoms with Crippen LogP contribution in [0.2, 0.25) is 0 Å². The van der Waals surface area contributed by atoms with Crippen LogP contribution >= 0.6 is 0 Å². The fraction of sp³-hybridized carbons (Fsp3) is 0.870. The molecule has 4 aliphatic carbocycles. The summed E-state index contributed by atoms with van der Waals surface area (Å²) in [6.07, 6.45) is 12.3. The molecule has 0 aromatic heterocycles. The van der Waals surface area contributed by atoms with Gasteiger partial charge in [0.05, 0.1) is 0 Å². The minimum absolute atomic E-state index is 0.0242. The van der Waals surface area contributed by atoms with Gasteiger partial charge in [0.15, 0.2) is 6.61 Å². The fourth-order valence-corrected chi connectivity index (χ4v) is 6.64. The molecule has 4 bridgehead atoms. The number of carbonyl (C=O) groups is 3. The monoisotopic (exact) mass is 404 g/mol. The quantitative estimate of drug-likeness (QED) is 0.715. The fourth-order valence-electron chi connectivity index (χ4n) is 6.64. The summed E-state index contributed by atoms with van der Waals surface area (Å²) in [6.45, 7) is 2.93. The molecule has 1 heterocycles. The highest BCUT2D eigenvalue weighted by Crippen LogP contribution is 2.60. The number of ether oxygens (including phenoxy) is 1. The van der Waals surface area contributed by atoms with Crippen LogP contribution in [0.4, 0.5) is 0 Å². The molecular formula is C23H36N2O4. The standard InChI is InChI=1S/C23H36N2O4/c1-16(21(27)29-15-20(26)25-7-5-3-2-4-6-8-25)24-22(28)23-12-17-9-18(13-23)11-19(10-17)14-23/h16-19H,2-15H2,1H3,(H,24,28)/t16-,17?,18?,19?,23?/m0/s1. The third kappa shape index (κ3) is 4.61. The summed E-state index contributed by atoms with van der Waals surface area (Å²) in [4.78, 5) is 39.7. The van der Waals surface area contributed by atoms with E-state index in [1.165, 1.54) is 25.7 Å². The number of rotatable bonds is 5. The molecule has 29 heavy (non-hydrogen) atoms. The topological polar surface area (TPSA) is 75.7 Å². The van der Waals surface area contributed by atoms with E-state index in [0.717, 1.165) is 58.0 Å². The third-order valence-electron chi connectivity index (χ3n) is 7.77. The number of hydrogen-bond acceptors (Lipinski definition) is 4. The van der Waals surface area contributed by atoms with Gasteiger partial charge in [-0.25, -0.2) is 4.79 Å². The maximum absolute atomic E-state index is 13.1. The van der Waals surface area contributed by atoms with Crippen LogP contribution in [-0.2, 0) is 19.1 Å². The van der Waals surface area contributed by atoms with E-state index < -0.39 is 12.0 Å². The molecule has 5 fully saturated rings. The molecule has 1 aliphatic heterocycles. The van der Waals surface area contributed by atoms with Crippen LogP contribution in [0, 0.1) is 23.2 Å². The van der Waals surface area contributed by atoms with E-state index in [9.17, 15) is 14.4 Å². The molecule has 4 saturated carbocycles. The highest BCUT2D eigenvalue weighted by atomic mass is 16.5. The molecule has 0 radical (unpaired) electrons. The van der Waals surface area contributed by atoms with Crippen molar-refractivity contribution in [1.29, 1.82) is 0 Å². The average Bonchev–Trinajstić information content (AvgIpc) is 2.64. The Morgan fingerprint density at radius 2 is 1.45 bits per heavy atom. The lowest BCUT2D eigenvalue weighted by Crippen LogP contribution is -2.56. The van der Waals surface area contributed by atoms with Gasteiger partial charge >= 0.3 is 5.97 Å². The molecule has 0 unspecified atom stereocenters. The van der Waals surface area contributed by atoms with Gasteiger partial charge in [0.2, 0.25) is 5.91 Å². The van der Waals surface area contributed by atoms with Crippen molar-refractivity contribution in [2.24, 2.45) is 23.2 Å². The van der Waals surface area contributed by atoms with Gasteiger partial charge in [-0.3, -0.25) is 9.59 Å². The number of amides is 2. The highest BCUT2D eigenvalue weighted by molar-refractivity contribution is 5.89. The minimum atomic E-state index is -0.712. The van der Waals surface area contributed by atoms with Crippen molar-refractivity contribution < 1.29 is 19.1 Å². The maximum atomic E-state index is 13.1. The van der Waals surface area contributed by atoms with E-state index in [4.69, 9.17) is 4.74 Å². The third-order valence-corrected chi connectivity index (χ3v) is 7.77. The summed E-state index contributed by atoms with van der Waals surface area (Å²) in [5, 5.41) is 2.92. The van der Waals surface area contributed by atoms with E-state index in [-0.39, 0.29) is 23.8 Å². The molecule has 5 rings (SSSR count). The number of carbonyl (C=O) groups excluding carboxylic acids is 3. The summed E-state index contributed by atoms with van der Waals surface area (Å²) >= 11 is 0. The second kappa shape index (κ2) is 8.65. The van der Waals surface area contributed by atoms with Crippen molar-refractivity contribution in [2.75, 3.05) is 19.7 Å². The van der Waals surface area contributed by atoms with Crippen LogP contribution in [0.15, 0.2) is 0 Å². The van der Waals surface area contributed by atoms with Gasteiger partial charge in [0.1, 0.15) is 6.04 Å². The first-order chi connectivity index (χ1) is 13.9. The lowest BCUT2D eigenvalue weighted by atomic mass is 9.49. The maximum Gasteiger partial charge on any atom is 0.328 e. The number of hydrogen-bond donors (Lipinski definition) is 1. The zero-order valence-corrected chi connectivity index (χ0v) is 17.8. The Morgan fingerprint density at radius 1 is 0.931 bits per heavy atom. The van der Waals surface area contributed by atoms with Gasteiger partial charge in [0, 0.05) is 18.5 Å². The summed E-state index contributed by atoms with van der Waals surface area (Å²) < 4.78 is 5.27. The van der Waals surface area contributed by atoms with Crippen LogP contribution < -0.4 is 5.32 Å². The van der Waals surface area contributed by atoms with Gasteiger partial charge in [-0.15, -0.1) is 0 Å². The minimum Gasteiger partial charge on any atom is -0.454 e. The number of esters is 1. The van der Waals surface area contributed by atoms with Crippen molar-refractivity contribution in [3.8, 4) is 0 Å². The zero-order valence-electron chi connectivity index (χ0n) is 17.8. The Bertz CT molecular complexity index is 604. The van der Waals surface area contributed by atoms with E-state index in [1.807, 2.05) is 4.90 Å². The molecule has 6 nitrogen and oxygen atoms in total. The Morgan fingerprint density at radius 3 is 2.00 bits per heavy atom. The molecule has 0 aromatic rings. The van der Waals surface area contributed by atoms with Crippen LogP contribution in [0.5, 0.6) is 0 Å². The van der Waals surface area contributed by atoms with Crippen LogP contribution in [0.1, 0.15) is 77.6 Å². The molecule has 0 aromatic carbocycles.